The molecule has 4 heterocycles. The van der Waals surface area contributed by atoms with E-state index in [-0.39, 0.29) is 28.5 Å². The number of carbonyl (C=O) groups is 1. The van der Waals surface area contributed by atoms with Gasteiger partial charge >= 0.3 is 12.1 Å². The molecule has 6 rings (SSSR count). The fourth-order valence-electron chi connectivity index (χ4n) is 6.28. The fraction of sp³-hybridized carbons (Fsp3) is 0.375. The smallest absolute Gasteiger partial charge is 0.429 e. The Morgan fingerprint density at radius 1 is 1.09 bits per heavy atom. The summed E-state index contributed by atoms with van der Waals surface area (Å²) in [5.41, 5.74) is 9.18. The summed E-state index contributed by atoms with van der Waals surface area (Å²) >= 11 is 0. The van der Waals surface area contributed by atoms with Gasteiger partial charge in [-0.15, -0.1) is 0 Å². The van der Waals surface area contributed by atoms with Crippen molar-refractivity contribution in [1.29, 1.82) is 0 Å². The first-order valence-corrected chi connectivity index (χ1v) is 14.7. The molecule has 13 heteroatoms. The van der Waals surface area contributed by atoms with Crippen molar-refractivity contribution < 1.29 is 27.8 Å². The lowest BCUT2D eigenvalue weighted by Gasteiger charge is -2.39. The average Bonchev–Trinajstić information content (AvgIpc) is 3.62. The van der Waals surface area contributed by atoms with Crippen molar-refractivity contribution in [2.75, 3.05) is 30.3 Å². The van der Waals surface area contributed by atoms with E-state index in [1.54, 1.807) is 31.3 Å². The van der Waals surface area contributed by atoms with Crippen LogP contribution in [0.1, 0.15) is 42.2 Å². The molecule has 2 aromatic heterocycles. The van der Waals surface area contributed by atoms with Crippen molar-refractivity contribution in [3.05, 3.63) is 77.6 Å². The standard InChI is InChI=1S/C32H34F3N7O3/c1-19-4-3-5-21(14-19)22-6-7-23(25(15-22)42-11-8-20(2)40-42)28(32(33,34)35)45-27-16-26(38-30(36)39-27)41-12-9-31(10-13-41)17-24(29(43)44)37-18-31/h3-8,11,14-16,24,28,37H,9-10,12-13,17-18H2,1-2H3,(H,43,44)(H2,36,38,39). The predicted octanol–water partition coefficient (Wildman–Crippen LogP) is 5.24. The predicted molar refractivity (Wildman–Crippen MR) is 162 cm³/mol. The third kappa shape index (κ3) is 6.44. The van der Waals surface area contributed by atoms with Gasteiger partial charge in [0.25, 0.3) is 0 Å². The molecule has 0 amide bonds. The van der Waals surface area contributed by atoms with Gasteiger partial charge in [-0.3, -0.25) is 4.79 Å². The highest BCUT2D eigenvalue weighted by atomic mass is 19.4. The van der Waals surface area contributed by atoms with Gasteiger partial charge in [-0.25, -0.2) is 4.68 Å². The number of nitrogen functional groups attached to an aromatic ring is 1. The number of hydrogen-bond donors (Lipinski definition) is 3. The van der Waals surface area contributed by atoms with Crippen LogP contribution >= 0.6 is 0 Å². The molecule has 4 aromatic rings. The molecule has 2 fully saturated rings. The molecular formula is C32H34F3N7O3. The number of benzene rings is 2. The second kappa shape index (κ2) is 11.7. The lowest BCUT2D eigenvalue weighted by atomic mass is 9.76. The summed E-state index contributed by atoms with van der Waals surface area (Å²) in [6.07, 6.45) is -3.64. The van der Waals surface area contributed by atoms with Crippen molar-refractivity contribution in [2.45, 2.75) is 51.4 Å². The lowest BCUT2D eigenvalue weighted by molar-refractivity contribution is -0.198. The minimum absolute atomic E-state index is 0.137. The minimum Gasteiger partial charge on any atom is -0.480 e. The van der Waals surface area contributed by atoms with Crippen LogP contribution in [0, 0.1) is 19.3 Å². The zero-order valence-corrected chi connectivity index (χ0v) is 24.9. The van der Waals surface area contributed by atoms with Gasteiger partial charge in [0.05, 0.1) is 11.4 Å². The second-order valence-corrected chi connectivity index (χ2v) is 12.0. The maximum atomic E-state index is 14.8. The zero-order valence-electron chi connectivity index (χ0n) is 24.9. The molecule has 0 saturated carbocycles. The first-order valence-electron chi connectivity index (χ1n) is 14.7. The molecule has 2 aliphatic heterocycles. The van der Waals surface area contributed by atoms with E-state index in [2.05, 4.69) is 20.4 Å². The van der Waals surface area contributed by atoms with Crippen LogP contribution in [0.4, 0.5) is 24.9 Å². The van der Waals surface area contributed by atoms with E-state index < -0.39 is 24.3 Å². The van der Waals surface area contributed by atoms with Gasteiger partial charge in [0.2, 0.25) is 17.9 Å². The van der Waals surface area contributed by atoms with Crippen LogP contribution in [-0.2, 0) is 4.79 Å². The monoisotopic (exact) mass is 621 g/mol. The van der Waals surface area contributed by atoms with Crippen molar-refractivity contribution in [2.24, 2.45) is 5.41 Å². The largest absolute Gasteiger partial charge is 0.480 e. The normalized spacial score (nSPS) is 18.7. The summed E-state index contributed by atoms with van der Waals surface area (Å²) in [6.45, 7) is 5.39. The van der Waals surface area contributed by atoms with Gasteiger partial charge in [0.15, 0.2) is 0 Å². The topological polar surface area (TPSA) is 131 Å². The number of hydrogen-bond acceptors (Lipinski definition) is 8. The number of nitrogens with one attached hydrogen (secondary N) is 1. The van der Waals surface area contributed by atoms with Gasteiger partial charge in [-0.2, -0.15) is 28.2 Å². The molecule has 0 aliphatic carbocycles. The molecule has 10 nitrogen and oxygen atoms in total. The number of aryl methyl sites for hydroxylation is 2. The third-order valence-corrected chi connectivity index (χ3v) is 8.68. The molecule has 2 aliphatic rings. The summed E-state index contributed by atoms with van der Waals surface area (Å²) in [6, 6.07) is 15.0. The Morgan fingerprint density at radius 2 is 1.84 bits per heavy atom. The van der Waals surface area contributed by atoms with Crippen molar-refractivity contribution in [1.82, 2.24) is 25.1 Å². The number of halogens is 3. The highest BCUT2D eigenvalue weighted by Crippen LogP contribution is 2.42. The summed E-state index contributed by atoms with van der Waals surface area (Å²) in [7, 11) is 0. The zero-order chi connectivity index (χ0) is 31.9. The maximum absolute atomic E-state index is 14.8. The SMILES string of the molecule is Cc1cccc(-c2ccc(C(Oc3cc(N4CCC5(CC4)CNC(C(=O)O)C5)nc(N)n3)C(F)(F)F)c(-n3ccc(C)n3)c2)c1. The Morgan fingerprint density at radius 3 is 2.49 bits per heavy atom. The van der Waals surface area contributed by atoms with E-state index in [4.69, 9.17) is 10.5 Å². The molecular weight excluding hydrogens is 587 g/mol. The number of rotatable bonds is 7. The highest BCUT2D eigenvalue weighted by Gasteiger charge is 2.46. The van der Waals surface area contributed by atoms with Gasteiger partial charge in [0.1, 0.15) is 11.9 Å². The number of anilines is 2. The Labute approximate surface area is 258 Å². The van der Waals surface area contributed by atoms with Crippen LogP contribution in [0.25, 0.3) is 16.8 Å². The average molecular weight is 622 g/mol. The van der Waals surface area contributed by atoms with Crippen LogP contribution < -0.4 is 20.7 Å². The number of alkyl halides is 3. The Hall–Kier alpha value is -4.65. The first-order chi connectivity index (χ1) is 21.4. The molecule has 1 spiro atoms. The number of carboxylic acid groups (broad SMARTS) is 1. The van der Waals surface area contributed by atoms with Crippen LogP contribution in [0.3, 0.4) is 0 Å². The van der Waals surface area contributed by atoms with Crippen molar-refractivity contribution in [3.63, 3.8) is 0 Å². The molecule has 0 bridgehead atoms. The Bertz CT molecular complexity index is 1720. The molecule has 2 unspecified atom stereocenters. The van der Waals surface area contributed by atoms with E-state index in [1.807, 2.05) is 36.1 Å². The lowest BCUT2D eigenvalue weighted by Crippen LogP contribution is -2.41. The van der Waals surface area contributed by atoms with Gasteiger partial charge in [-0.05, 0) is 61.8 Å². The number of nitrogens with zero attached hydrogens (tertiary/aromatic N) is 5. The van der Waals surface area contributed by atoms with E-state index in [0.717, 1.165) is 16.7 Å². The highest BCUT2D eigenvalue weighted by molar-refractivity contribution is 5.74. The van der Waals surface area contributed by atoms with E-state index >= 15 is 0 Å². The molecule has 4 N–H and O–H groups in total. The number of aliphatic carboxylic acids is 1. The maximum Gasteiger partial charge on any atom is 0.429 e. The summed E-state index contributed by atoms with van der Waals surface area (Å²) in [4.78, 5) is 21.7. The van der Waals surface area contributed by atoms with E-state index in [0.29, 0.717) is 50.4 Å². The minimum atomic E-state index is -4.81. The van der Waals surface area contributed by atoms with Gasteiger partial charge in [-0.1, -0.05) is 42.0 Å². The molecule has 236 valence electrons. The quantitative estimate of drug-likeness (QED) is 0.253. The molecule has 2 aromatic carbocycles. The summed E-state index contributed by atoms with van der Waals surface area (Å²) in [5, 5.41) is 16.9. The number of ether oxygens (including phenoxy) is 1. The van der Waals surface area contributed by atoms with E-state index in [1.165, 1.54) is 16.8 Å². The fourth-order valence-corrected chi connectivity index (χ4v) is 6.28. The van der Waals surface area contributed by atoms with Crippen molar-refractivity contribution >= 4 is 17.7 Å². The second-order valence-electron chi connectivity index (χ2n) is 12.0. The summed E-state index contributed by atoms with van der Waals surface area (Å²) in [5.74, 6) is -1.03. The van der Waals surface area contributed by atoms with Crippen molar-refractivity contribution in [3.8, 4) is 22.7 Å². The Kier molecular flexibility index (Phi) is 7.89. The molecule has 0 radical (unpaired) electrons. The van der Waals surface area contributed by atoms with E-state index in [9.17, 15) is 23.1 Å². The van der Waals surface area contributed by atoms with Crippen LogP contribution in [0.2, 0.25) is 0 Å². The molecule has 45 heavy (non-hydrogen) atoms. The summed E-state index contributed by atoms with van der Waals surface area (Å²) < 4.78 is 51.4. The first kappa shape index (κ1) is 30.4. The Balaban J connectivity index is 1.30. The number of aromatic nitrogens is 4. The molecule has 2 saturated heterocycles. The number of nitrogens with two attached hydrogens (primary N) is 1. The third-order valence-electron chi connectivity index (χ3n) is 8.68. The van der Waals surface area contributed by atoms with Crippen LogP contribution in [0.5, 0.6) is 5.88 Å². The van der Waals surface area contributed by atoms with Gasteiger partial charge in [0, 0.05) is 37.5 Å². The molecule has 2 atom stereocenters. The van der Waals surface area contributed by atoms with Crippen LogP contribution in [-0.4, -0.2) is 62.7 Å². The number of piperidine rings is 1. The van der Waals surface area contributed by atoms with Gasteiger partial charge < -0.3 is 25.8 Å². The number of carboxylic acids is 1. The van der Waals surface area contributed by atoms with Crippen LogP contribution in [0.15, 0.2) is 60.8 Å².